The van der Waals surface area contributed by atoms with Gasteiger partial charge in [-0.2, -0.15) is 0 Å². The zero-order chi connectivity index (χ0) is 17.1. The molecule has 0 spiro atoms. The summed E-state index contributed by atoms with van der Waals surface area (Å²) in [5.74, 6) is 0.154. The number of likely N-dealkylation sites (N-methyl/N-ethyl adjacent to an activating group) is 1. The van der Waals surface area contributed by atoms with E-state index < -0.39 is 0 Å². The average molecular weight is 343 g/mol. The van der Waals surface area contributed by atoms with Crippen LogP contribution in [0.1, 0.15) is 29.7 Å². The molecule has 0 saturated carbocycles. The molecule has 0 bridgehead atoms. The van der Waals surface area contributed by atoms with Gasteiger partial charge < -0.3 is 4.90 Å². The number of thiazole rings is 1. The van der Waals surface area contributed by atoms with Crippen LogP contribution in [0.15, 0.2) is 29.6 Å². The topological polar surface area (TPSA) is 53.5 Å². The van der Waals surface area contributed by atoms with E-state index in [4.69, 9.17) is 0 Å². The number of aryl methyl sites for hydroxylation is 1. The summed E-state index contributed by atoms with van der Waals surface area (Å²) in [5.41, 5.74) is 3.06. The minimum atomic E-state index is 0.0304. The zero-order valence-electron chi connectivity index (χ0n) is 14.0. The van der Waals surface area contributed by atoms with Crippen LogP contribution < -0.4 is 4.90 Å². The molecule has 0 radical (unpaired) electrons. The van der Waals surface area contributed by atoms with Crippen LogP contribution in [0, 0.1) is 6.92 Å². The van der Waals surface area contributed by atoms with E-state index in [1.54, 1.807) is 9.80 Å². The summed E-state index contributed by atoms with van der Waals surface area (Å²) in [6, 6.07) is 8.07. The van der Waals surface area contributed by atoms with Crippen molar-refractivity contribution < 1.29 is 9.59 Å². The van der Waals surface area contributed by atoms with Crippen molar-refractivity contribution in [1.82, 2.24) is 9.88 Å². The number of anilines is 1. The number of aromatic nitrogens is 1. The number of benzene rings is 1. The Morgan fingerprint density at radius 1 is 1.38 bits per heavy atom. The number of hydrogen-bond donors (Lipinski definition) is 0. The molecule has 1 saturated heterocycles. The van der Waals surface area contributed by atoms with Crippen molar-refractivity contribution in [1.29, 1.82) is 0 Å². The first-order valence-corrected chi connectivity index (χ1v) is 8.96. The van der Waals surface area contributed by atoms with Gasteiger partial charge in [0.1, 0.15) is 0 Å². The van der Waals surface area contributed by atoms with Crippen LogP contribution in [0.4, 0.5) is 5.13 Å². The molecule has 24 heavy (non-hydrogen) atoms. The summed E-state index contributed by atoms with van der Waals surface area (Å²) in [6.07, 6.45) is 1.74. The fourth-order valence-electron chi connectivity index (χ4n) is 2.77. The first-order valence-electron chi connectivity index (χ1n) is 8.08. The van der Waals surface area contributed by atoms with E-state index in [1.165, 1.54) is 16.9 Å². The maximum atomic E-state index is 12.4. The summed E-state index contributed by atoms with van der Waals surface area (Å²) < 4.78 is 0. The van der Waals surface area contributed by atoms with Gasteiger partial charge in [-0.15, -0.1) is 11.3 Å². The van der Waals surface area contributed by atoms with Crippen LogP contribution in [0.3, 0.4) is 0 Å². The van der Waals surface area contributed by atoms with Gasteiger partial charge in [-0.25, -0.2) is 4.98 Å². The van der Waals surface area contributed by atoms with Crippen LogP contribution in [0.25, 0.3) is 0 Å². The molecule has 1 fully saturated rings. The standard InChI is InChI=1S/C18H21N3O2S/c1-13-6-3-4-7-14(13)11-20(2)17(23)10-15-12-24-18(19-15)21-9-5-8-16(21)22/h3-4,6-7,12H,5,8-11H2,1-2H3. The van der Waals surface area contributed by atoms with Gasteiger partial charge in [-0.05, 0) is 24.5 Å². The van der Waals surface area contributed by atoms with Crippen LogP contribution >= 0.6 is 11.3 Å². The highest BCUT2D eigenvalue weighted by atomic mass is 32.1. The second kappa shape index (κ2) is 7.13. The number of hydrogen-bond acceptors (Lipinski definition) is 4. The van der Waals surface area contributed by atoms with Crippen LogP contribution in [-0.2, 0) is 22.6 Å². The van der Waals surface area contributed by atoms with Crippen molar-refractivity contribution in [2.24, 2.45) is 0 Å². The predicted octanol–water partition coefficient (Wildman–Crippen LogP) is 2.78. The van der Waals surface area contributed by atoms with Crippen molar-refractivity contribution in [2.75, 3.05) is 18.5 Å². The van der Waals surface area contributed by atoms with E-state index in [2.05, 4.69) is 4.98 Å². The minimum Gasteiger partial charge on any atom is -0.341 e. The summed E-state index contributed by atoms with van der Waals surface area (Å²) in [6.45, 7) is 3.37. The monoisotopic (exact) mass is 343 g/mol. The number of nitrogens with zero attached hydrogens (tertiary/aromatic N) is 3. The molecular formula is C18H21N3O2S. The van der Waals surface area contributed by atoms with Crippen LogP contribution in [0.2, 0.25) is 0 Å². The van der Waals surface area contributed by atoms with Crippen molar-refractivity contribution in [3.05, 3.63) is 46.5 Å². The summed E-state index contributed by atoms with van der Waals surface area (Å²) in [7, 11) is 1.81. The molecule has 126 valence electrons. The molecule has 6 heteroatoms. The van der Waals surface area contributed by atoms with Gasteiger partial charge in [0.15, 0.2) is 5.13 Å². The normalized spacial score (nSPS) is 14.2. The Morgan fingerprint density at radius 2 is 2.17 bits per heavy atom. The molecule has 0 N–H and O–H groups in total. The van der Waals surface area contributed by atoms with E-state index in [-0.39, 0.29) is 18.2 Å². The maximum absolute atomic E-state index is 12.4. The second-order valence-electron chi connectivity index (χ2n) is 6.12. The Labute approximate surface area is 145 Å². The molecule has 0 unspecified atom stereocenters. The Morgan fingerprint density at radius 3 is 2.88 bits per heavy atom. The molecule has 1 aromatic heterocycles. The number of amides is 2. The maximum Gasteiger partial charge on any atom is 0.228 e. The first-order chi connectivity index (χ1) is 11.5. The quantitative estimate of drug-likeness (QED) is 0.839. The largest absolute Gasteiger partial charge is 0.341 e. The summed E-state index contributed by atoms with van der Waals surface area (Å²) in [4.78, 5) is 32.1. The minimum absolute atomic E-state index is 0.0304. The third-order valence-electron chi connectivity index (χ3n) is 4.27. The predicted molar refractivity (Wildman–Crippen MR) is 95.1 cm³/mol. The van der Waals surface area contributed by atoms with Gasteiger partial charge in [0.25, 0.3) is 0 Å². The van der Waals surface area contributed by atoms with Crippen LogP contribution in [0.5, 0.6) is 0 Å². The molecule has 2 aromatic rings. The first kappa shape index (κ1) is 16.6. The fourth-order valence-corrected chi connectivity index (χ4v) is 3.64. The fraction of sp³-hybridized carbons (Fsp3) is 0.389. The van der Waals surface area contributed by atoms with Crippen molar-refractivity contribution in [3.8, 4) is 0 Å². The Balaban J connectivity index is 1.61. The molecule has 2 heterocycles. The molecule has 0 atom stereocenters. The third kappa shape index (κ3) is 3.64. The van der Waals surface area contributed by atoms with Crippen molar-refractivity contribution >= 4 is 28.3 Å². The number of rotatable bonds is 5. The van der Waals surface area contributed by atoms with Gasteiger partial charge in [0.2, 0.25) is 11.8 Å². The van der Waals surface area contributed by atoms with E-state index >= 15 is 0 Å². The molecule has 1 aliphatic heterocycles. The van der Waals surface area contributed by atoms with Gasteiger partial charge in [0.05, 0.1) is 12.1 Å². The van der Waals surface area contributed by atoms with E-state index in [1.807, 2.05) is 43.6 Å². The highest BCUT2D eigenvalue weighted by Crippen LogP contribution is 2.25. The van der Waals surface area contributed by atoms with E-state index in [0.29, 0.717) is 18.1 Å². The average Bonchev–Trinajstić information content (AvgIpc) is 3.18. The molecule has 5 nitrogen and oxygen atoms in total. The Bertz CT molecular complexity index is 756. The molecular weight excluding hydrogens is 322 g/mol. The highest BCUT2D eigenvalue weighted by Gasteiger charge is 2.24. The van der Waals surface area contributed by atoms with Crippen molar-refractivity contribution in [3.63, 3.8) is 0 Å². The number of carbonyl (C=O) groups is 2. The zero-order valence-corrected chi connectivity index (χ0v) is 14.8. The Hall–Kier alpha value is -2.21. The summed E-state index contributed by atoms with van der Waals surface area (Å²) in [5, 5.41) is 2.59. The lowest BCUT2D eigenvalue weighted by Gasteiger charge is -2.18. The Kier molecular flexibility index (Phi) is 4.94. The smallest absolute Gasteiger partial charge is 0.228 e. The lowest BCUT2D eigenvalue weighted by molar-refractivity contribution is -0.129. The molecule has 0 aliphatic carbocycles. The SMILES string of the molecule is Cc1ccccc1CN(C)C(=O)Cc1csc(N2CCCC2=O)n1. The van der Waals surface area contributed by atoms with E-state index in [9.17, 15) is 9.59 Å². The van der Waals surface area contributed by atoms with Gasteiger partial charge >= 0.3 is 0 Å². The van der Waals surface area contributed by atoms with Gasteiger partial charge in [0, 0.05) is 31.9 Å². The number of carbonyl (C=O) groups excluding carboxylic acids is 2. The van der Waals surface area contributed by atoms with Gasteiger partial charge in [-0.3, -0.25) is 14.5 Å². The molecule has 3 rings (SSSR count). The highest BCUT2D eigenvalue weighted by molar-refractivity contribution is 7.14. The van der Waals surface area contributed by atoms with E-state index in [0.717, 1.165) is 24.2 Å². The summed E-state index contributed by atoms with van der Waals surface area (Å²) >= 11 is 1.43. The van der Waals surface area contributed by atoms with Gasteiger partial charge in [-0.1, -0.05) is 24.3 Å². The van der Waals surface area contributed by atoms with Crippen LogP contribution in [-0.4, -0.2) is 35.3 Å². The third-order valence-corrected chi connectivity index (χ3v) is 5.18. The lowest BCUT2D eigenvalue weighted by atomic mass is 10.1. The lowest BCUT2D eigenvalue weighted by Crippen LogP contribution is -2.28. The molecule has 2 amide bonds. The van der Waals surface area contributed by atoms with Crippen molar-refractivity contribution in [2.45, 2.75) is 32.7 Å². The molecule has 1 aromatic carbocycles. The second-order valence-corrected chi connectivity index (χ2v) is 6.96. The molecule has 1 aliphatic rings.